The predicted octanol–water partition coefficient (Wildman–Crippen LogP) is 5.45. The molecule has 0 spiro atoms. The molecule has 0 amide bonds. The van der Waals surface area contributed by atoms with Gasteiger partial charge >= 0.3 is 0 Å². The van der Waals surface area contributed by atoms with Gasteiger partial charge in [-0.05, 0) is 52.9 Å². The lowest BCUT2D eigenvalue weighted by molar-refractivity contribution is 0.457. The van der Waals surface area contributed by atoms with Gasteiger partial charge in [0, 0.05) is 26.6 Å². The molecular weight excluding hydrogens is 433 g/mol. The number of halogens is 1. The van der Waals surface area contributed by atoms with Gasteiger partial charge in [-0.15, -0.1) is 0 Å². The zero-order valence-electron chi connectivity index (χ0n) is 12.4. The Morgan fingerprint density at radius 2 is 2.00 bits per heavy atom. The van der Waals surface area contributed by atoms with E-state index in [4.69, 9.17) is 0 Å². The number of para-hydroxylation sites is 1. The van der Waals surface area contributed by atoms with Crippen LogP contribution >= 0.6 is 33.9 Å². The van der Waals surface area contributed by atoms with Crippen LogP contribution in [-0.2, 0) is 0 Å². The molecule has 1 aliphatic heterocycles. The predicted molar refractivity (Wildman–Crippen MR) is 109 cm³/mol. The Kier molecular flexibility index (Phi) is 4.07. The van der Waals surface area contributed by atoms with Crippen molar-refractivity contribution < 1.29 is 5.11 Å². The summed E-state index contributed by atoms with van der Waals surface area (Å²) in [6.07, 6.45) is 3.73. The molecule has 0 saturated heterocycles. The first-order chi connectivity index (χ1) is 11.7. The van der Waals surface area contributed by atoms with Gasteiger partial charge in [0.15, 0.2) is 5.13 Å². The van der Waals surface area contributed by atoms with E-state index in [1.807, 2.05) is 60.8 Å². The fourth-order valence-electron chi connectivity index (χ4n) is 2.46. The largest absolute Gasteiger partial charge is 0.492 e. The van der Waals surface area contributed by atoms with E-state index >= 15 is 0 Å². The van der Waals surface area contributed by atoms with Crippen molar-refractivity contribution in [2.45, 2.75) is 0 Å². The number of benzene rings is 2. The zero-order chi connectivity index (χ0) is 16.5. The summed E-state index contributed by atoms with van der Waals surface area (Å²) < 4.78 is 1.14. The van der Waals surface area contributed by atoms with Crippen LogP contribution in [0.1, 0.15) is 10.4 Å². The average Bonchev–Trinajstić information content (AvgIpc) is 3.12. The highest BCUT2D eigenvalue weighted by molar-refractivity contribution is 14.1. The SMILES string of the molecule is Oc1nc(Nc2cccc(I)c2)sc1/C=C1\C=Nc2ccccc21. The molecule has 24 heavy (non-hydrogen) atoms. The first-order valence-corrected chi connectivity index (χ1v) is 9.16. The van der Waals surface area contributed by atoms with Crippen LogP contribution < -0.4 is 5.32 Å². The molecule has 1 aliphatic rings. The Morgan fingerprint density at radius 3 is 2.88 bits per heavy atom. The third kappa shape index (κ3) is 3.07. The minimum atomic E-state index is 0.0263. The quantitative estimate of drug-likeness (QED) is 0.527. The number of anilines is 2. The molecule has 2 aromatic carbocycles. The number of aromatic hydroxyl groups is 1. The van der Waals surface area contributed by atoms with E-state index in [0.717, 1.165) is 26.1 Å². The highest BCUT2D eigenvalue weighted by Gasteiger charge is 2.14. The number of nitrogens with zero attached hydrogens (tertiary/aromatic N) is 2. The van der Waals surface area contributed by atoms with Crippen molar-refractivity contribution in [1.82, 2.24) is 4.98 Å². The van der Waals surface area contributed by atoms with Crippen molar-refractivity contribution in [2.75, 3.05) is 5.32 Å². The molecule has 0 atom stereocenters. The lowest BCUT2D eigenvalue weighted by Gasteiger charge is -2.01. The Hall–Kier alpha value is -2.19. The highest BCUT2D eigenvalue weighted by atomic mass is 127. The Morgan fingerprint density at radius 1 is 1.12 bits per heavy atom. The van der Waals surface area contributed by atoms with E-state index in [1.54, 1.807) is 0 Å². The Balaban J connectivity index is 1.63. The first kappa shape index (κ1) is 15.3. The van der Waals surface area contributed by atoms with Crippen molar-refractivity contribution >= 4 is 68.3 Å². The Labute approximate surface area is 156 Å². The number of fused-ring (bicyclic) bond motifs is 1. The maximum atomic E-state index is 10.1. The van der Waals surface area contributed by atoms with Crippen LogP contribution in [0.4, 0.5) is 16.5 Å². The fraction of sp³-hybridized carbons (Fsp3) is 0. The van der Waals surface area contributed by atoms with Gasteiger partial charge in [-0.2, -0.15) is 4.98 Å². The number of aliphatic imine (C=N–C) groups is 1. The fourth-order valence-corrected chi connectivity index (χ4v) is 3.83. The number of nitrogens with one attached hydrogen (secondary N) is 1. The molecule has 2 N–H and O–H groups in total. The maximum absolute atomic E-state index is 10.1. The van der Waals surface area contributed by atoms with Crippen molar-refractivity contribution in [3.8, 4) is 5.88 Å². The average molecular weight is 445 g/mol. The van der Waals surface area contributed by atoms with Crippen LogP contribution in [0.15, 0.2) is 53.5 Å². The third-order valence-corrected chi connectivity index (χ3v) is 5.13. The number of hydrogen-bond acceptors (Lipinski definition) is 5. The molecule has 4 rings (SSSR count). The van der Waals surface area contributed by atoms with Gasteiger partial charge in [-0.1, -0.05) is 35.6 Å². The van der Waals surface area contributed by atoms with Gasteiger partial charge in [-0.25, -0.2) is 0 Å². The van der Waals surface area contributed by atoms with Gasteiger partial charge in [0.1, 0.15) is 0 Å². The summed E-state index contributed by atoms with van der Waals surface area (Å²) in [7, 11) is 0. The van der Waals surface area contributed by atoms with Crippen LogP contribution in [0.3, 0.4) is 0 Å². The summed E-state index contributed by atoms with van der Waals surface area (Å²) in [6, 6.07) is 15.9. The summed E-state index contributed by atoms with van der Waals surface area (Å²) in [5, 5.41) is 14.0. The lowest BCUT2D eigenvalue weighted by atomic mass is 10.1. The van der Waals surface area contributed by atoms with Crippen molar-refractivity contribution in [1.29, 1.82) is 0 Å². The highest BCUT2D eigenvalue weighted by Crippen LogP contribution is 2.37. The molecule has 3 aromatic rings. The Bertz CT molecular complexity index is 978. The smallest absolute Gasteiger partial charge is 0.231 e. The van der Waals surface area contributed by atoms with E-state index < -0.39 is 0 Å². The second-order valence-corrected chi connectivity index (χ2v) is 7.49. The number of rotatable bonds is 3. The number of thiazole rings is 1. The second kappa shape index (κ2) is 6.37. The monoisotopic (exact) mass is 445 g/mol. The molecule has 0 saturated carbocycles. The van der Waals surface area contributed by atoms with Crippen LogP contribution in [0.25, 0.3) is 11.6 Å². The molecule has 118 valence electrons. The number of hydrogen-bond donors (Lipinski definition) is 2. The van der Waals surface area contributed by atoms with Crippen molar-refractivity contribution in [2.24, 2.45) is 4.99 Å². The van der Waals surface area contributed by atoms with E-state index in [1.165, 1.54) is 11.3 Å². The van der Waals surface area contributed by atoms with Crippen LogP contribution in [0.2, 0.25) is 0 Å². The van der Waals surface area contributed by atoms with E-state index in [-0.39, 0.29) is 5.88 Å². The van der Waals surface area contributed by atoms with Gasteiger partial charge in [0.2, 0.25) is 5.88 Å². The van der Waals surface area contributed by atoms with Crippen LogP contribution in [0, 0.1) is 3.57 Å². The molecule has 1 aromatic heterocycles. The molecule has 0 bridgehead atoms. The standard InChI is InChI=1S/C18H12IN3OS/c19-12-4-3-5-13(9-12)21-18-22-17(23)16(24-18)8-11-10-20-15-7-2-1-6-14(11)15/h1-10,23H,(H,21,22)/b11-8+. The molecule has 0 unspecified atom stereocenters. The van der Waals surface area contributed by atoms with Crippen LogP contribution in [-0.4, -0.2) is 16.3 Å². The third-order valence-electron chi connectivity index (χ3n) is 3.55. The molecular formula is C18H12IN3OS. The molecule has 6 heteroatoms. The summed E-state index contributed by atoms with van der Waals surface area (Å²) in [5.41, 5.74) is 3.94. The van der Waals surface area contributed by atoms with Crippen molar-refractivity contribution in [3.63, 3.8) is 0 Å². The minimum Gasteiger partial charge on any atom is -0.492 e. The molecule has 2 heterocycles. The topological polar surface area (TPSA) is 57.5 Å². The van der Waals surface area contributed by atoms with Crippen molar-refractivity contribution in [3.05, 3.63) is 62.5 Å². The normalized spacial score (nSPS) is 14.1. The molecule has 0 fully saturated rings. The molecule has 4 nitrogen and oxygen atoms in total. The first-order valence-electron chi connectivity index (χ1n) is 7.26. The second-order valence-electron chi connectivity index (χ2n) is 5.22. The van der Waals surface area contributed by atoms with Gasteiger partial charge in [0.05, 0.1) is 10.6 Å². The van der Waals surface area contributed by atoms with Gasteiger partial charge in [-0.3, -0.25) is 4.99 Å². The lowest BCUT2D eigenvalue weighted by Crippen LogP contribution is -1.88. The summed E-state index contributed by atoms with van der Waals surface area (Å²) in [4.78, 5) is 9.30. The van der Waals surface area contributed by atoms with Gasteiger partial charge in [0.25, 0.3) is 0 Å². The number of allylic oxidation sites excluding steroid dienone is 1. The summed E-state index contributed by atoms with van der Waals surface area (Å²) in [6.45, 7) is 0. The minimum absolute atomic E-state index is 0.0263. The zero-order valence-corrected chi connectivity index (χ0v) is 15.4. The summed E-state index contributed by atoms with van der Waals surface area (Å²) >= 11 is 3.67. The van der Waals surface area contributed by atoms with E-state index in [0.29, 0.717) is 10.0 Å². The molecule has 0 radical (unpaired) electrons. The summed E-state index contributed by atoms with van der Waals surface area (Å²) in [5.74, 6) is 0.0263. The van der Waals surface area contributed by atoms with E-state index in [2.05, 4.69) is 37.9 Å². The van der Waals surface area contributed by atoms with E-state index in [9.17, 15) is 5.11 Å². The van der Waals surface area contributed by atoms with Crippen LogP contribution in [0.5, 0.6) is 5.88 Å². The van der Waals surface area contributed by atoms with Gasteiger partial charge < -0.3 is 10.4 Å². The maximum Gasteiger partial charge on any atom is 0.231 e. The molecule has 0 aliphatic carbocycles. The number of aromatic nitrogens is 1.